The first-order valence-corrected chi connectivity index (χ1v) is 6.72. The number of rotatable bonds is 6. The molecule has 0 aliphatic heterocycles. The first-order valence-electron chi connectivity index (χ1n) is 6.34. The van der Waals surface area contributed by atoms with Crippen molar-refractivity contribution in [3.63, 3.8) is 0 Å². The number of halogens is 1. The highest BCUT2D eigenvalue weighted by molar-refractivity contribution is 6.29. The Morgan fingerprint density at radius 2 is 1.79 bits per heavy atom. The molecule has 0 unspecified atom stereocenters. The second kappa shape index (κ2) is 7.24. The fraction of sp³-hybridized carbons (Fsp3) is 0.267. The van der Waals surface area contributed by atoms with E-state index in [1.54, 1.807) is 6.20 Å². The smallest absolute Gasteiger partial charge is 0.129 e. The minimum Gasteiger partial charge on any atom is -0.329 e. The fourth-order valence-electron chi connectivity index (χ4n) is 2.04. The normalized spacial score (nSPS) is 10.9. The van der Waals surface area contributed by atoms with Gasteiger partial charge in [0, 0.05) is 32.4 Å². The van der Waals surface area contributed by atoms with Crippen LogP contribution in [0, 0.1) is 0 Å². The molecule has 3 nitrogen and oxygen atoms in total. The quantitative estimate of drug-likeness (QED) is 0.824. The number of aromatic nitrogens is 1. The summed E-state index contributed by atoms with van der Waals surface area (Å²) in [7, 11) is 0. The summed E-state index contributed by atoms with van der Waals surface area (Å²) >= 11 is 5.91. The zero-order valence-electron chi connectivity index (χ0n) is 10.8. The van der Waals surface area contributed by atoms with E-state index in [9.17, 15) is 0 Å². The second-order valence-electron chi connectivity index (χ2n) is 4.47. The van der Waals surface area contributed by atoms with E-state index in [0.717, 1.165) is 25.2 Å². The fourth-order valence-corrected chi connectivity index (χ4v) is 2.23. The molecule has 0 saturated heterocycles. The van der Waals surface area contributed by atoms with Crippen molar-refractivity contribution in [1.82, 2.24) is 9.88 Å². The Labute approximate surface area is 119 Å². The molecule has 1 aromatic heterocycles. The molecule has 19 heavy (non-hydrogen) atoms. The molecule has 0 bridgehead atoms. The molecule has 0 atom stereocenters. The Morgan fingerprint density at radius 1 is 1.05 bits per heavy atom. The Balaban J connectivity index is 2.04. The summed E-state index contributed by atoms with van der Waals surface area (Å²) in [5.74, 6) is 0. The minimum absolute atomic E-state index is 0.532. The van der Waals surface area contributed by atoms with Crippen LogP contribution in [-0.4, -0.2) is 23.0 Å². The van der Waals surface area contributed by atoms with E-state index in [1.165, 1.54) is 5.56 Å². The van der Waals surface area contributed by atoms with Crippen LogP contribution >= 0.6 is 11.6 Å². The highest BCUT2D eigenvalue weighted by atomic mass is 35.5. The van der Waals surface area contributed by atoms with Crippen LogP contribution in [-0.2, 0) is 13.1 Å². The van der Waals surface area contributed by atoms with Crippen LogP contribution in [0.25, 0.3) is 0 Å². The number of hydrogen-bond acceptors (Lipinski definition) is 3. The topological polar surface area (TPSA) is 42.1 Å². The van der Waals surface area contributed by atoms with Crippen molar-refractivity contribution >= 4 is 11.6 Å². The van der Waals surface area contributed by atoms with Gasteiger partial charge in [-0.05, 0) is 23.3 Å². The molecule has 0 fully saturated rings. The Morgan fingerprint density at radius 3 is 2.47 bits per heavy atom. The molecule has 0 spiro atoms. The largest absolute Gasteiger partial charge is 0.329 e. The SMILES string of the molecule is NCCN(Cc1ccccc1)Cc1ccnc(Cl)c1. The zero-order valence-corrected chi connectivity index (χ0v) is 11.6. The number of pyridine rings is 1. The van der Waals surface area contributed by atoms with Gasteiger partial charge < -0.3 is 5.73 Å². The highest BCUT2D eigenvalue weighted by Crippen LogP contribution is 2.12. The number of nitrogens with zero attached hydrogens (tertiary/aromatic N) is 2. The van der Waals surface area contributed by atoms with E-state index in [0.29, 0.717) is 11.7 Å². The lowest BCUT2D eigenvalue weighted by Gasteiger charge is -2.21. The Hall–Kier alpha value is -1.42. The third-order valence-corrected chi connectivity index (χ3v) is 3.10. The second-order valence-corrected chi connectivity index (χ2v) is 4.86. The summed E-state index contributed by atoms with van der Waals surface area (Å²) in [5.41, 5.74) is 8.13. The van der Waals surface area contributed by atoms with Crippen LogP contribution in [0.2, 0.25) is 5.15 Å². The molecule has 0 saturated carbocycles. The van der Waals surface area contributed by atoms with Gasteiger partial charge in [-0.25, -0.2) is 4.98 Å². The van der Waals surface area contributed by atoms with Crippen molar-refractivity contribution in [2.45, 2.75) is 13.1 Å². The lowest BCUT2D eigenvalue weighted by atomic mass is 10.2. The maximum Gasteiger partial charge on any atom is 0.129 e. The van der Waals surface area contributed by atoms with E-state index in [-0.39, 0.29) is 0 Å². The number of nitrogens with two attached hydrogens (primary N) is 1. The van der Waals surface area contributed by atoms with Crippen LogP contribution in [0.4, 0.5) is 0 Å². The van der Waals surface area contributed by atoms with Crippen molar-refractivity contribution in [1.29, 1.82) is 0 Å². The summed E-state index contributed by atoms with van der Waals surface area (Å²) in [6.45, 7) is 3.22. The van der Waals surface area contributed by atoms with Gasteiger partial charge in [-0.3, -0.25) is 4.90 Å². The van der Waals surface area contributed by atoms with E-state index < -0.39 is 0 Å². The molecule has 2 N–H and O–H groups in total. The lowest BCUT2D eigenvalue weighted by molar-refractivity contribution is 0.264. The summed E-state index contributed by atoms with van der Waals surface area (Å²) in [6.07, 6.45) is 1.74. The van der Waals surface area contributed by atoms with E-state index in [4.69, 9.17) is 17.3 Å². The molecule has 0 radical (unpaired) electrons. The predicted molar refractivity (Wildman–Crippen MR) is 78.9 cm³/mol. The van der Waals surface area contributed by atoms with Gasteiger partial charge in [0.1, 0.15) is 5.15 Å². The zero-order chi connectivity index (χ0) is 13.5. The molecule has 100 valence electrons. The minimum atomic E-state index is 0.532. The van der Waals surface area contributed by atoms with Gasteiger partial charge in [0.05, 0.1) is 0 Å². The molecule has 4 heteroatoms. The van der Waals surface area contributed by atoms with Crippen LogP contribution < -0.4 is 5.73 Å². The summed E-state index contributed by atoms with van der Waals surface area (Å²) in [6, 6.07) is 14.3. The van der Waals surface area contributed by atoms with Gasteiger partial charge in [-0.15, -0.1) is 0 Å². The Kier molecular flexibility index (Phi) is 5.33. The van der Waals surface area contributed by atoms with Gasteiger partial charge >= 0.3 is 0 Å². The summed E-state index contributed by atoms with van der Waals surface area (Å²) in [5, 5.41) is 0.532. The van der Waals surface area contributed by atoms with Gasteiger partial charge in [-0.2, -0.15) is 0 Å². The van der Waals surface area contributed by atoms with Crippen molar-refractivity contribution in [3.8, 4) is 0 Å². The molecule has 0 aliphatic carbocycles. The van der Waals surface area contributed by atoms with Crippen molar-refractivity contribution in [2.24, 2.45) is 5.73 Å². The van der Waals surface area contributed by atoms with Crippen molar-refractivity contribution in [3.05, 3.63) is 64.9 Å². The van der Waals surface area contributed by atoms with Gasteiger partial charge in [0.2, 0.25) is 0 Å². The van der Waals surface area contributed by atoms with Crippen molar-refractivity contribution in [2.75, 3.05) is 13.1 Å². The third kappa shape index (κ3) is 4.63. The van der Waals surface area contributed by atoms with Crippen LogP contribution in [0.15, 0.2) is 48.7 Å². The lowest BCUT2D eigenvalue weighted by Crippen LogP contribution is -2.28. The van der Waals surface area contributed by atoms with Crippen LogP contribution in [0.1, 0.15) is 11.1 Å². The molecule has 0 amide bonds. The molecule has 1 heterocycles. The van der Waals surface area contributed by atoms with Gasteiger partial charge in [0.15, 0.2) is 0 Å². The first kappa shape index (κ1) is 14.0. The van der Waals surface area contributed by atoms with E-state index >= 15 is 0 Å². The average Bonchev–Trinajstić information content (AvgIpc) is 2.40. The number of hydrogen-bond donors (Lipinski definition) is 1. The Bertz CT molecular complexity index is 502. The molecule has 1 aromatic carbocycles. The highest BCUT2D eigenvalue weighted by Gasteiger charge is 2.06. The molecule has 2 aromatic rings. The maximum atomic E-state index is 5.91. The maximum absolute atomic E-state index is 5.91. The third-order valence-electron chi connectivity index (χ3n) is 2.89. The first-order chi connectivity index (χ1) is 9.28. The van der Waals surface area contributed by atoms with Gasteiger partial charge in [0.25, 0.3) is 0 Å². The molecular formula is C15H18ClN3. The predicted octanol–water partition coefficient (Wildman–Crippen LogP) is 2.70. The van der Waals surface area contributed by atoms with Gasteiger partial charge in [-0.1, -0.05) is 41.9 Å². The molecule has 0 aliphatic rings. The monoisotopic (exact) mass is 275 g/mol. The van der Waals surface area contributed by atoms with E-state index in [2.05, 4.69) is 34.1 Å². The van der Waals surface area contributed by atoms with Crippen LogP contribution in [0.5, 0.6) is 0 Å². The van der Waals surface area contributed by atoms with E-state index in [1.807, 2.05) is 18.2 Å². The molecule has 2 rings (SSSR count). The standard InChI is InChI=1S/C15H18ClN3/c16-15-10-14(6-8-18-15)12-19(9-7-17)11-13-4-2-1-3-5-13/h1-6,8,10H,7,9,11-12,17H2. The summed E-state index contributed by atoms with van der Waals surface area (Å²) < 4.78 is 0. The number of benzene rings is 1. The summed E-state index contributed by atoms with van der Waals surface area (Å²) in [4.78, 5) is 6.31. The van der Waals surface area contributed by atoms with Crippen molar-refractivity contribution < 1.29 is 0 Å². The molecular weight excluding hydrogens is 258 g/mol. The average molecular weight is 276 g/mol. The van der Waals surface area contributed by atoms with Crippen LogP contribution in [0.3, 0.4) is 0 Å².